The van der Waals surface area contributed by atoms with E-state index >= 15 is 0 Å². The van der Waals surface area contributed by atoms with Crippen LogP contribution in [0.25, 0.3) is 0 Å². The van der Waals surface area contributed by atoms with E-state index in [1.165, 1.54) is 43.8 Å². The summed E-state index contributed by atoms with van der Waals surface area (Å²) in [5.74, 6) is -5.41. The van der Waals surface area contributed by atoms with Crippen molar-refractivity contribution in [1.29, 1.82) is 0 Å². The van der Waals surface area contributed by atoms with E-state index < -0.39 is 58.1 Å². The molecular weight excluding hydrogens is 697 g/mol. The molecule has 50 heavy (non-hydrogen) atoms. The van der Waals surface area contributed by atoms with Gasteiger partial charge in [0.25, 0.3) is 17.7 Å². The molecule has 18 nitrogen and oxygen atoms in total. The van der Waals surface area contributed by atoms with Gasteiger partial charge in [-0.1, -0.05) is 5.16 Å². The number of thioether (sulfide) groups is 1. The number of carboxylic acids is 2. The first kappa shape index (κ1) is 36.3. The van der Waals surface area contributed by atoms with Gasteiger partial charge in [-0.2, -0.15) is 9.36 Å². The molecule has 3 aliphatic heterocycles. The van der Waals surface area contributed by atoms with E-state index in [0.29, 0.717) is 23.1 Å². The summed E-state index contributed by atoms with van der Waals surface area (Å²) in [7, 11) is 0. The maximum absolute atomic E-state index is 13.5. The third-order valence-electron chi connectivity index (χ3n) is 8.69. The van der Waals surface area contributed by atoms with Gasteiger partial charge in [0, 0.05) is 28.4 Å². The number of piperidine rings is 1. The number of phenols is 2. The zero-order chi connectivity index (χ0) is 36.4. The average molecular weight is 734 g/mol. The number of likely N-dealkylation sites (tertiary alicyclic amines) is 1. The fourth-order valence-corrected chi connectivity index (χ4v) is 7.72. The third kappa shape index (κ3) is 7.60. The summed E-state index contributed by atoms with van der Waals surface area (Å²) in [5.41, 5.74) is 3.92. The molecule has 268 valence electrons. The van der Waals surface area contributed by atoms with Crippen molar-refractivity contribution in [1.82, 2.24) is 24.9 Å². The Morgan fingerprint density at radius 3 is 2.48 bits per heavy atom. The van der Waals surface area contributed by atoms with Gasteiger partial charge in [-0.15, -0.1) is 11.8 Å². The predicted molar refractivity (Wildman–Crippen MR) is 179 cm³/mol. The van der Waals surface area contributed by atoms with Crippen molar-refractivity contribution in [3.63, 3.8) is 0 Å². The van der Waals surface area contributed by atoms with Gasteiger partial charge >= 0.3 is 11.9 Å². The maximum Gasteiger partial charge on any atom is 0.352 e. The maximum atomic E-state index is 13.5. The van der Waals surface area contributed by atoms with Crippen LogP contribution in [-0.2, 0) is 24.0 Å². The Bertz CT molecular complexity index is 1770. The second kappa shape index (κ2) is 14.5. The number of phenolic OH excluding ortho intramolecular Hbond substituents is 2. The van der Waals surface area contributed by atoms with Crippen molar-refractivity contribution in [3.8, 4) is 11.5 Å². The number of rotatable bonds is 13. The van der Waals surface area contributed by atoms with Crippen LogP contribution >= 0.6 is 23.3 Å². The Balaban J connectivity index is 1.30. The number of aromatic hydroxyl groups is 2. The number of aromatic nitrogens is 2. The number of aliphatic carboxylic acids is 2. The first-order chi connectivity index (χ1) is 23.6. The molecule has 2 aromatic rings. The van der Waals surface area contributed by atoms with Gasteiger partial charge in [0.05, 0.1) is 26.2 Å². The van der Waals surface area contributed by atoms with E-state index in [1.807, 2.05) is 0 Å². The summed E-state index contributed by atoms with van der Waals surface area (Å²) in [6.45, 7) is 5.01. The number of amides is 3. The van der Waals surface area contributed by atoms with Crippen LogP contribution in [-0.4, -0.2) is 130 Å². The van der Waals surface area contributed by atoms with Crippen LogP contribution in [0.3, 0.4) is 0 Å². The molecule has 1 aromatic carbocycles. The lowest BCUT2D eigenvalue weighted by Crippen LogP contribution is -2.71. The van der Waals surface area contributed by atoms with Crippen LogP contribution in [0.2, 0.25) is 0 Å². The largest absolute Gasteiger partial charge is 0.504 e. The zero-order valence-corrected chi connectivity index (χ0v) is 28.8. The van der Waals surface area contributed by atoms with Gasteiger partial charge in [0.1, 0.15) is 23.7 Å². The third-order valence-corrected chi connectivity index (χ3v) is 10.6. The number of hydrogen-bond acceptors (Lipinski definition) is 14. The van der Waals surface area contributed by atoms with Crippen molar-refractivity contribution >= 4 is 63.8 Å². The van der Waals surface area contributed by atoms with Crippen LogP contribution in [0.1, 0.15) is 49.3 Å². The molecule has 3 amide bonds. The molecule has 0 saturated carbocycles. The van der Waals surface area contributed by atoms with Crippen molar-refractivity contribution in [2.24, 2.45) is 5.16 Å². The summed E-state index contributed by atoms with van der Waals surface area (Å²) >= 11 is 2.06. The molecule has 0 spiro atoms. The predicted octanol–water partition coefficient (Wildman–Crippen LogP) is 0.285. The minimum atomic E-state index is -1.82. The first-order valence-corrected chi connectivity index (χ1v) is 17.4. The molecule has 2 saturated heterocycles. The van der Waals surface area contributed by atoms with Crippen LogP contribution in [0.4, 0.5) is 5.13 Å². The number of nitrogens with one attached hydrogen (secondary N) is 2. The quantitative estimate of drug-likeness (QED) is 0.0480. The number of hydrogen-bond donors (Lipinski definition) is 7. The number of nitrogen functional groups attached to an aromatic ring is 1. The molecule has 0 unspecified atom stereocenters. The lowest BCUT2D eigenvalue weighted by atomic mass is 10.00. The number of fused-ring (bicyclic) bond motifs is 1. The number of carbonyl (C=O) groups is 5. The monoisotopic (exact) mass is 733 g/mol. The lowest BCUT2D eigenvalue weighted by molar-refractivity contribution is -0.927. The molecule has 4 heterocycles. The summed E-state index contributed by atoms with van der Waals surface area (Å²) < 4.78 is 4.45. The van der Waals surface area contributed by atoms with Crippen molar-refractivity contribution < 1.29 is 53.7 Å². The molecule has 2 fully saturated rings. The molecule has 0 bridgehead atoms. The Kier molecular flexibility index (Phi) is 10.5. The number of carbonyl (C=O) groups excluding carboxylic acids is 3. The Labute approximate surface area is 293 Å². The van der Waals surface area contributed by atoms with E-state index in [0.717, 1.165) is 48.8 Å². The number of oxime groups is 1. The van der Waals surface area contributed by atoms with Crippen molar-refractivity contribution in [2.45, 2.75) is 50.1 Å². The van der Waals surface area contributed by atoms with Gasteiger partial charge in [-0.05, 0) is 51.3 Å². The molecule has 0 aliphatic carbocycles. The topological polar surface area (TPSA) is 267 Å². The highest BCUT2D eigenvalue weighted by molar-refractivity contribution is 8.00. The van der Waals surface area contributed by atoms with Crippen LogP contribution in [0, 0.1) is 0 Å². The summed E-state index contributed by atoms with van der Waals surface area (Å²) in [5, 5.41) is 47.3. The van der Waals surface area contributed by atoms with E-state index in [4.69, 9.17) is 10.6 Å². The number of quaternary nitrogens is 1. The fourth-order valence-electron chi connectivity index (χ4n) is 5.95. The van der Waals surface area contributed by atoms with Crippen molar-refractivity contribution in [2.75, 3.05) is 44.2 Å². The van der Waals surface area contributed by atoms with Gasteiger partial charge in [-0.3, -0.25) is 19.3 Å². The second-order valence-electron chi connectivity index (χ2n) is 12.6. The number of anilines is 1. The molecule has 20 heteroatoms. The normalized spacial score (nSPS) is 20.4. The Hall–Kier alpha value is -4.95. The highest BCUT2D eigenvalue weighted by atomic mass is 32.2. The highest BCUT2D eigenvalue weighted by Gasteiger charge is 2.55. The standard InChI is InChI=1S/C30H36N8O10S2/c1-30(2,28(46)47)48-35-19(22-34-29(31)50-36-22)24(42)33-20-25(43)37-21(27(44)45)16(14-49-26(20)37)13-38(9-4-3-5-10-38)11-8-32-23(41)15-6-7-17(39)18(40)12-15/h6-7,12,20,26H,3-5,8-11,13-14H2,1-2H3,(H7-,31,32,33,34,35,36,39,40,41,42,44,45,46,47)/p+1/t20-,26-/m1/s1. The smallest absolute Gasteiger partial charge is 0.352 e. The molecule has 3 aliphatic rings. The van der Waals surface area contributed by atoms with Gasteiger partial charge < -0.3 is 46.1 Å². The van der Waals surface area contributed by atoms with Gasteiger partial charge in [-0.25, -0.2) is 9.59 Å². The number of nitrogens with zero attached hydrogens (tertiary/aromatic N) is 5. The number of carboxylic acid groups (broad SMARTS) is 2. The summed E-state index contributed by atoms with van der Waals surface area (Å²) in [6.07, 6.45) is 2.82. The molecule has 8 N–H and O–H groups in total. The van der Waals surface area contributed by atoms with E-state index in [2.05, 4.69) is 25.1 Å². The number of β-lactam (4-membered cyclic amide) rings is 1. The molecule has 2 atom stereocenters. The van der Waals surface area contributed by atoms with Crippen molar-refractivity contribution in [3.05, 3.63) is 40.9 Å². The molecule has 5 rings (SSSR count). The fraction of sp³-hybridized carbons (Fsp3) is 0.467. The zero-order valence-electron chi connectivity index (χ0n) is 27.1. The number of benzene rings is 1. The summed E-state index contributed by atoms with van der Waals surface area (Å²) in [4.78, 5) is 73.9. The average Bonchev–Trinajstić information content (AvgIpc) is 3.50. The van der Waals surface area contributed by atoms with E-state index in [9.17, 15) is 44.4 Å². The molecule has 1 aromatic heterocycles. The van der Waals surface area contributed by atoms with Gasteiger partial charge in [0.15, 0.2) is 16.6 Å². The molecular formula is C30H37N8O10S2+. The van der Waals surface area contributed by atoms with Crippen LogP contribution in [0.15, 0.2) is 34.6 Å². The highest BCUT2D eigenvalue weighted by Crippen LogP contribution is 2.41. The lowest BCUT2D eigenvalue weighted by Gasteiger charge is -2.50. The Morgan fingerprint density at radius 2 is 1.86 bits per heavy atom. The second-order valence-corrected chi connectivity index (χ2v) is 14.5. The minimum Gasteiger partial charge on any atom is -0.504 e. The van der Waals surface area contributed by atoms with E-state index in [1.54, 1.807) is 0 Å². The van der Waals surface area contributed by atoms with Crippen LogP contribution in [0.5, 0.6) is 11.5 Å². The van der Waals surface area contributed by atoms with Crippen LogP contribution < -0.4 is 16.4 Å². The molecule has 0 radical (unpaired) electrons. The summed E-state index contributed by atoms with van der Waals surface area (Å²) in [6, 6.07) is 2.65. The van der Waals surface area contributed by atoms with E-state index in [-0.39, 0.29) is 40.3 Å². The first-order valence-electron chi connectivity index (χ1n) is 15.6. The Morgan fingerprint density at radius 1 is 1.14 bits per heavy atom. The van der Waals surface area contributed by atoms with Gasteiger partial charge in [0.2, 0.25) is 17.1 Å². The minimum absolute atomic E-state index is 0.00430. The SMILES string of the molecule is CC(C)(O/N=C(\C(=O)N[C@@H]1C(=O)N2C(C(=O)O)=C(C[N+]3(CCNC(=O)c4ccc(O)c(O)c4)CCCCC3)CS[C@H]12)c1nsc(N)n1)C(=O)O. The number of nitrogens with two attached hydrogens (primary N) is 1.